The maximum atomic E-state index is 11.6. The van der Waals surface area contributed by atoms with Crippen LogP contribution in [0.2, 0.25) is 0 Å². The SMILES string of the molecule is CN1C(=O)CC(NCc2ccc(C(=O)O)s2)C1=O. The highest BCUT2D eigenvalue weighted by molar-refractivity contribution is 7.13. The van der Waals surface area contributed by atoms with Crippen LogP contribution in [0, 0.1) is 0 Å². The molecule has 0 aromatic carbocycles. The number of likely N-dealkylation sites (tertiary alicyclic amines) is 1. The second-order valence-electron chi connectivity index (χ2n) is 4.00. The van der Waals surface area contributed by atoms with Crippen molar-refractivity contribution in [2.24, 2.45) is 0 Å². The number of imide groups is 1. The highest BCUT2D eigenvalue weighted by Crippen LogP contribution is 2.17. The van der Waals surface area contributed by atoms with Crippen molar-refractivity contribution in [3.8, 4) is 0 Å². The zero-order valence-electron chi connectivity index (χ0n) is 9.67. The van der Waals surface area contributed by atoms with Crippen LogP contribution in [0.25, 0.3) is 0 Å². The maximum absolute atomic E-state index is 11.6. The van der Waals surface area contributed by atoms with E-state index >= 15 is 0 Å². The third-order valence-electron chi connectivity index (χ3n) is 2.78. The number of nitrogens with zero attached hydrogens (tertiary/aromatic N) is 1. The number of likely N-dealkylation sites (N-methyl/N-ethyl adjacent to an activating group) is 1. The summed E-state index contributed by atoms with van der Waals surface area (Å²) in [5, 5.41) is 11.7. The molecule has 2 heterocycles. The Bertz CT molecular complexity index is 511. The number of carboxylic acid groups (broad SMARTS) is 1. The summed E-state index contributed by atoms with van der Waals surface area (Å²) >= 11 is 1.16. The molecule has 6 nitrogen and oxygen atoms in total. The molecule has 1 aliphatic heterocycles. The monoisotopic (exact) mass is 268 g/mol. The Kier molecular flexibility index (Phi) is 3.44. The van der Waals surface area contributed by atoms with Gasteiger partial charge in [-0.05, 0) is 12.1 Å². The molecule has 0 saturated carbocycles. The normalized spacial score (nSPS) is 19.6. The van der Waals surface area contributed by atoms with Crippen molar-refractivity contribution in [3.63, 3.8) is 0 Å². The standard InChI is InChI=1S/C11H12N2O4S/c1-13-9(14)4-7(10(13)15)12-5-6-2-3-8(18-6)11(16)17/h2-3,7,12H,4-5H2,1H3,(H,16,17). The topological polar surface area (TPSA) is 86.7 Å². The van der Waals surface area contributed by atoms with Gasteiger partial charge in [0, 0.05) is 18.5 Å². The first-order valence-electron chi connectivity index (χ1n) is 5.35. The fraction of sp³-hybridized carbons (Fsp3) is 0.364. The Labute approximate surface area is 107 Å². The van der Waals surface area contributed by atoms with E-state index in [1.165, 1.54) is 13.1 Å². The molecule has 7 heteroatoms. The Hall–Kier alpha value is -1.73. The quantitative estimate of drug-likeness (QED) is 0.767. The summed E-state index contributed by atoms with van der Waals surface area (Å²) in [4.78, 5) is 35.8. The first kappa shape index (κ1) is 12.7. The maximum Gasteiger partial charge on any atom is 0.345 e. The predicted octanol–water partition coefficient (Wildman–Crippen LogP) is 0.293. The van der Waals surface area contributed by atoms with E-state index in [0.29, 0.717) is 6.54 Å². The lowest BCUT2D eigenvalue weighted by Crippen LogP contribution is -2.36. The number of hydrogen-bond acceptors (Lipinski definition) is 5. The lowest BCUT2D eigenvalue weighted by Gasteiger charge is -2.09. The number of thiophene rings is 1. The van der Waals surface area contributed by atoms with Gasteiger partial charge in [0.15, 0.2) is 0 Å². The van der Waals surface area contributed by atoms with E-state index in [0.717, 1.165) is 21.1 Å². The van der Waals surface area contributed by atoms with Crippen LogP contribution in [0.4, 0.5) is 0 Å². The largest absolute Gasteiger partial charge is 0.477 e. The number of carbonyl (C=O) groups excluding carboxylic acids is 2. The molecule has 18 heavy (non-hydrogen) atoms. The fourth-order valence-corrected chi connectivity index (χ4v) is 2.52. The minimum Gasteiger partial charge on any atom is -0.477 e. The van der Waals surface area contributed by atoms with Crippen LogP contribution in [0.1, 0.15) is 21.0 Å². The molecule has 1 fully saturated rings. The van der Waals surface area contributed by atoms with Gasteiger partial charge in [0.2, 0.25) is 11.8 Å². The van der Waals surface area contributed by atoms with Gasteiger partial charge >= 0.3 is 5.97 Å². The second-order valence-corrected chi connectivity index (χ2v) is 5.17. The van der Waals surface area contributed by atoms with Crippen molar-refractivity contribution < 1.29 is 19.5 Å². The number of carbonyl (C=O) groups is 3. The fourth-order valence-electron chi connectivity index (χ4n) is 1.73. The van der Waals surface area contributed by atoms with Gasteiger partial charge in [-0.2, -0.15) is 0 Å². The van der Waals surface area contributed by atoms with Crippen molar-refractivity contribution >= 4 is 29.1 Å². The van der Waals surface area contributed by atoms with Crippen molar-refractivity contribution in [1.29, 1.82) is 0 Å². The number of hydrogen-bond donors (Lipinski definition) is 2. The summed E-state index contributed by atoms with van der Waals surface area (Å²) in [7, 11) is 1.46. The average Bonchev–Trinajstić information content (AvgIpc) is 2.88. The van der Waals surface area contributed by atoms with Crippen LogP contribution in [0.15, 0.2) is 12.1 Å². The van der Waals surface area contributed by atoms with E-state index < -0.39 is 12.0 Å². The summed E-state index contributed by atoms with van der Waals surface area (Å²) < 4.78 is 0. The zero-order chi connectivity index (χ0) is 13.3. The molecule has 2 rings (SSSR count). The summed E-state index contributed by atoms with van der Waals surface area (Å²) in [5.41, 5.74) is 0. The molecule has 1 atom stereocenters. The minimum atomic E-state index is -0.960. The number of aromatic carboxylic acids is 1. The summed E-state index contributed by atoms with van der Waals surface area (Å²) in [6.45, 7) is 0.384. The molecule has 0 aliphatic carbocycles. The summed E-state index contributed by atoms with van der Waals surface area (Å²) in [6.07, 6.45) is 0.159. The van der Waals surface area contributed by atoms with E-state index in [2.05, 4.69) is 5.32 Å². The van der Waals surface area contributed by atoms with Gasteiger partial charge in [-0.1, -0.05) is 0 Å². The molecule has 2 N–H and O–H groups in total. The predicted molar refractivity (Wildman–Crippen MR) is 64.3 cm³/mol. The van der Waals surface area contributed by atoms with Gasteiger partial charge in [0.05, 0.1) is 12.5 Å². The Morgan fingerprint density at radius 2 is 2.28 bits per heavy atom. The molecule has 1 saturated heterocycles. The Morgan fingerprint density at radius 1 is 1.56 bits per heavy atom. The molecule has 0 radical (unpaired) electrons. The van der Waals surface area contributed by atoms with E-state index in [1.54, 1.807) is 6.07 Å². The molecule has 0 bridgehead atoms. The first-order valence-corrected chi connectivity index (χ1v) is 6.16. The third-order valence-corrected chi connectivity index (χ3v) is 3.85. The van der Waals surface area contributed by atoms with Gasteiger partial charge < -0.3 is 10.4 Å². The van der Waals surface area contributed by atoms with Crippen molar-refractivity contribution in [2.75, 3.05) is 7.05 Å². The number of carboxylic acids is 1. The van der Waals surface area contributed by atoms with Crippen LogP contribution in [-0.4, -0.2) is 40.9 Å². The van der Waals surface area contributed by atoms with Crippen molar-refractivity contribution in [2.45, 2.75) is 19.0 Å². The van der Waals surface area contributed by atoms with Gasteiger partial charge in [-0.3, -0.25) is 14.5 Å². The van der Waals surface area contributed by atoms with E-state index in [9.17, 15) is 14.4 Å². The highest BCUT2D eigenvalue weighted by Gasteiger charge is 2.35. The molecule has 1 aromatic rings. The van der Waals surface area contributed by atoms with Gasteiger partial charge in [-0.15, -0.1) is 11.3 Å². The Balaban J connectivity index is 1.94. The average molecular weight is 268 g/mol. The molecule has 0 spiro atoms. The minimum absolute atomic E-state index is 0.159. The molecule has 1 aliphatic rings. The zero-order valence-corrected chi connectivity index (χ0v) is 10.5. The van der Waals surface area contributed by atoms with Gasteiger partial charge in [0.1, 0.15) is 4.88 Å². The van der Waals surface area contributed by atoms with Crippen LogP contribution in [-0.2, 0) is 16.1 Å². The molecule has 96 valence electrons. The number of rotatable bonds is 4. The summed E-state index contributed by atoms with van der Waals surface area (Å²) in [6, 6.07) is 2.72. The van der Waals surface area contributed by atoms with E-state index in [-0.39, 0.29) is 23.1 Å². The van der Waals surface area contributed by atoms with Crippen LogP contribution in [0.3, 0.4) is 0 Å². The third kappa shape index (κ3) is 2.41. The highest BCUT2D eigenvalue weighted by atomic mass is 32.1. The lowest BCUT2D eigenvalue weighted by molar-refractivity contribution is -0.137. The van der Waals surface area contributed by atoms with Crippen molar-refractivity contribution in [3.05, 3.63) is 21.9 Å². The smallest absolute Gasteiger partial charge is 0.345 e. The van der Waals surface area contributed by atoms with E-state index in [1.807, 2.05) is 0 Å². The molecule has 1 unspecified atom stereocenters. The van der Waals surface area contributed by atoms with E-state index in [4.69, 9.17) is 5.11 Å². The van der Waals surface area contributed by atoms with Gasteiger partial charge in [-0.25, -0.2) is 4.79 Å². The first-order chi connectivity index (χ1) is 8.49. The lowest BCUT2D eigenvalue weighted by atomic mass is 10.2. The van der Waals surface area contributed by atoms with Crippen LogP contribution in [0.5, 0.6) is 0 Å². The second kappa shape index (κ2) is 4.87. The van der Waals surface area contributed by atoms with Crippen molar-refractivity contribution in [1.82, 2.24) is 10.2 Å². The molecule has 2 amide bonds. The Morgan fingerprint density at radius 3 is 2.78 bits per heavy atom. The number of nitrogens with one attached hydrogen (secondary N) is 1. The number of amides is 2. The molecule has 1 aromatic heterocycles. The molecular formula is C11H12N2O4S. The summed E-state index contributed by atoms with van der Waals surface area (Å²) in [5.74, 6) is -1.40. The van der Waals surface area contributed by atoms with Gasteiger partial charge in [0.25, 0.3) is 0 Å². The molecular weight excluding hydrogens is 256 g/mol. The van der Waals surface area contributed by atoms with Crippen LogP contribution >= 0.6 is 11.3 Å². The van der Waals surface area contributed by atoms with Crippen LogP contribution < -0.4 is 5.32 Å².